The van der Waals surface area contributed by atoms with Crippen molar-refractivity contribution in [2.45, 2.75) is 31.3 Å². The molecular weight excluding hydrogens is 326 g/mol. The normalized spacial score (nSPS) is 34.7. The van der Waals surface area contributed by atoms with Crippen molar-refractivity contribution in [3.8, 4) is 0 Å². The highest BCUT2D eigenvalue weighted by Crippen LogP contribution is 2.61. The molecule has 1 aromatic rings. The summed E-state index contributed by atoms with van der Waals surface area (Å²) in [4.78, 5) is 24.2. The van der Waals surface area contributed by atoms with Gasteiger partial charge in [0.15, 0.2) is 0 Å². The zero-order chi connectivity index (χ0) is 17.6. The smallest absolute Gasteiger partial charge is 0.414 e. The van der Waals surface area contributed by atoms with Crippen LogP contribution in [0.3, 0.4) is 0 Å². The molecule has 1 saturated heterocycles. The van der Waals surface area contributed by atoms with E-state index in [0.29, 0.717) is 17.7 Å². The minimum atomic E-state index is -0.820. The third-order valence-corrected chi connectivity index (χ3v) is 5.23. The Balaban J connectivity index is 1.51. The van der Waals surface area contributed by atoms with Gasteiger partial charge >= 0.3 is 12.1 Å². The molecule has 2 heterocycles. The van der Waals surface area contributed by atoms with E-state index in [1.54, 1.807) is 12.1 Å². The number of ether oxygens (including phenoxy) is 4. The molecule has 5 atom stereocenters. The summed E-state index contributed by atoms with van der Waals surface area (Å²) in [6, 6.07) is 9.01. The summed E-state index contributed by atoms with van der Waals surface area (Å²) in [6.07, 6.45) is 0.644. The van der Waals surface area contributed by atoms with Crippen molar-refractivity contribution in [3.05, 3.63) is 42.2 Å². The third kappa shape index (κ3) is 2.64. The Morgan fingerprint density at radius 3 is 2.76 bits per heavy atom. The van der Waals surface area contributed by atoms with Gasteiger partial charge in [-0.25, -0.2) is 9.59 Å². The number of methoxy groups -OCH3 is 1. The molecular formula is C18H19NO6. The average molecular weight is 345 g/mol. The van der Waals surface area contributed by atoms with Crippen LogP contribution in [0.4, 0.5) is 10.5 Å². The number of nitrogens with one attached hydrogen (secondary N) is 1. The number of carbonyl (C=O) groups excluding carboxylic acids is 2. The summed E-state index contributed by atoms with van der Waals surface area (Å²) in [5.41, 5.74) is 0.646. The number of epoxide rings is 1. The number of esters is 1. The summed E-state index contributed by atoms with van der Waals surface area (Å²) < 4.78 is 21.6. The highest BCUT2D eigenvalue weighted by molar-refractivity contribution is 5.89. The number of hydrogen-bond donors (Lipinski definition) is 1. The van der Waals surface area contributed by atoms with E-state index in [1.807, 2.05) is 25.1 Å². The van der Waals surface area contributed by atoms with Crippen LogP contribution in [0.1, 0.15) is 13.3 Å². The number of carbonyl (C=O) groups is 2. The maximum atomic E-state index is 12.2. The van der Waals surface area contributed by atoms with Gasteiger partial charge < -0.3 is 18.9 Å². The van der Waals surface area contributed by atoms with Gasteiger partial charge in [-0.1, -0.05) is 18.2 Å². The predicted octanol–water partition coefficient (Wildman–Crippen LogP) is 2.44. The van der Waals surface area contributed by atoms with Crippen molar-refractivity contribution in [3.63, 3.8) is 0 Å². The Hall–Kier alpha value is -2.54. The Bertz CT molecular complexity index is 732. The predicted molar refractivity (Wildman–Crippen MR) is 86.4 cm³/mol. The van der Waals surface area contributed by atoms with Crippen molar-refractivity contribution >= 4 is 17.7 Å². The van der Waals surface area contributed by atoms with Crippen LogP contribution in [-0.4, -0.2) is 37.2 Å². The Labute approximate surface area is 144 Å². The number of fused-ring (bicyclic) bond motifs is 3. The largest absolute Gasteiger partial charge is 0.466 e. The van der Waals surface area contributed by atoms with E-state index in [4.69, 9.17) is 18.9 Å². The van der Waals surface area contributed by atoms with E-state index in [0.717, 1.165) is 0 Å². The fraction of sp³-hybridized carbons (Fsp3) is 0.444. The van der Waals surface area contributed by atoms with Gasteiger partial charge in [-0.3, -0.25) is 5.32 Å². The molecule has 7 nitrogen and oxygen atoms in total. The number of amides is 1. The van der Waals surface area contributed by atoms with E-state index in [1.165, 1.54) is 13.4 Å². The lowest BCUT2D eigenvalue weighted by Gasteiger charge is -2.35. The molecule has 0 spiro atoms. The van der Waals surface area contributed by atoms with Gasteiger partial charge in [0.2, 0.25) is 0 Å². The third-order valence-electron chi connectivity index (χ3n) is 5.23. The zero-order valence-corrected chi connectivity index (χ0v) is 13.9. The quantitative estimate of drug-likeness (QED) is 0.669. The molecule has 0 bridgehead atoms. The van der Waals surface area contributed by atoms with E-state index in [9.17, 15) is 9.59 Å². The van der Waals surface area contributed by atoms with Gasteiger partial charge in [0, 0.05) is 11.6 Å². The lowest BCUT2D eigenvalue weighted by molar-refractivity contribution is -0.149. The van der Waals surface area contributed by atoms with Gasteiger partial charge in [-0.2, -0.15) is 0 Å². The molecule has 0 radical (unpaired) electrons. The number of para-hydroxylation sites is 1. The Morgan fingerprint density at radius 2 is 2.04 bits per heavy atom. The molecule has 4 unspecified atom stereocenters. The minimum Gasteiger partial charge on any atom is -0.466 e. The first-order chi connectivity index (χ1) is 12.0. The van der Waals surface area contributed by atoms with Crippen LogP contribution < -0.4 is 5.32 Å². The monoisotopic (exact) mass is 345 g/mol. The molecule has 3 aliphatic rings. The average Bonchev–Trinajstić information content (AvgIpc) is 3.16. The molecule has 1 aliphatic carbocycles. The van der Waals surface area contributed by atoms with Crippen molar-refractivity contribution < 1.29 is 28.5 Å². The molecule has 2 fully saturated rings. The van der Waals surface area contributed by atoms with E-state index in [2.05, 4.69) is 5.32 Å². The lowest BCUT2D eigenvalue weighted by atomic mass is 9.82. The molecule has 1 amide bonds. The SMILES string of the molecule is COC(=O)C1=COC(OC(=O)Nc2ccccc2)C2C1CC1O[C@@]12C. The number of benzene rings is 1. The second kappa shape index (κ2) is 5.77. The van der Waals surface area contributed by atoms with Gasteiger partial charge in [0.25, 0.3) is 6.29 Å². The van der Waals surface area contributed by atoms with Crippen LogP contribution in [-0.2, 0) is 23.7 Å². The van der Waals surface area contributed by atoms with E-state index >= 15 is 0 Å². The topological polar surface area (TPSA) is 86.4 Å². The molecule has 1 N–H and O–H groups in total. The fourth-order valence-electron chi connectivity index (χ4n) is 3.91. The first kappa shape index (κ1) is 16.0. The number of hydrogen-bond acceptors (Lipinski definition) is 6. The summed E-state index contributed by atoms with van der Waals surface area (Å²) in [5, 5.41) is 2.66. The van der Waals surface area contributed by atoms with E-state index in [-0.39, 0.29) is 17.9 Å². The van der Waals surface area contributed by atoms with Crippen LogP contribution in [0.25, 0.3) is 0 Å². The van der Waals surface area contributed by atoms with Gasteiger partial charge in [-0.15, -0.1) is 0 Å². The second-order valence-corrected chi connectivity index (χ2v) is 6.62. The summed E-state index contributed by atoms with van der Waals surface area (Å²) in [7, 11) is 1.34. The molecule has 7 heteroatoms. The van der Waals surface area contributed by atoms with Crippen LogP contribution in [0.5, 0.6) is 0 Å². The highest BCUT2D eigenvalue weighted by Gasteiger charge is 2.71. The summed E-state index contributed by atoms with van der Waals surface area (Å²) >= 11 is 0. The van der Waals surface area contributed by atoms with Crippen LogP contribution in [0.15, 0.2) is 42.2 Å². The van der Waals surface area contributed by atoms with Crippen molar-refractivity contribution in [1.29, 1.82) is 0 Å². The van der Waals surface area contributed by atoms with Crippen LogP contribution >= 0.6 is 0 Å². The van der Waals surface area contributed by atoms with Crippen molar-refractivity contribution in [2.75, 3.05) is 12.4 Å². The molecule has 25 heavy (non-hydrogen) atoms. The fourth-order valence-corrected chi connectivity index (χ4v) is 3.91. The molecule has 4 rings (SSSR count). The molecule has 2 aliphatic heterocycles. The molecule has 132 valence electrons. The maximum absolute atomic E-state index is 12.2. The van der Waals surface area contributed by atoms with Crippen molar-refractivity contribution in [1.82, 2.24) is 0 Å². The van der Waals surface area contributed by atoms with Gasteiger partial charge in [0.05, 0.1) is 31.0 Å². The zero-order valence-electron chi connectivity index (χ0n) is 13.9. The number of anilines is 1. The highest BCUT2D eigenvalue weighted by atomic mass is 16.7. The molecule has 1 saturated carbocycles. The maximum Gasteiger partial charge on any atom is 0.414 e. The van der Waals surface area contributed by atoms with Crippen LogP contribution in [0.2, 0.25) is 0 Å². The van der Waals surface area contributed by atoms with Gasteiger partial charge in [0.1, 0.15) is 5.60 Å². The lowest BCUT2D eigenvalue weighted by Crippen LogP contribution is -2.43. The minimum absolute atomic E-state index is 0.0422. The molecule has 1 aromatic carbocycles. The second-order valence-electron chi connectivity index (χ2n) is 6.62. The summed E-state index contributed by atoms with van der Waals surface area (Å²) in [5.74, 6) is -0.787. The van der Waals surface area contributed by atoms with E-state index < -0.39 is 24.0 Å². The first-order valence-electron chi connectivity index (χ1n) is 8.17. The van der Waals surface area contributed by atoms with Crippen molar-refractivity contribution in [2.24, 2.45) is 11.8 Å². The first-order valence-corrected chi connectivity index (χ1v) is 8.17. The standard InChI is InChI=1S/C18H19NO6/c1-18-13(25-18)8-11-12(15(20)22-2)9-23-16(14(11)18)24-17(21)19-10-6-4-3-5-7-10/h3-7,9,11,13-14,16H,8H2,1-2H3,(H,19,21)/t11?,13?,14?,16?,18-/m0/s1. The Morgan fingerprint density at radius 1 is 1.28 bits per heavy atom. The van der Waals surface area contributed by atoms with Crippen LogP contribution in [0, 0.1) is 11.8 Å². The van der Waals surface area contributed by atoms with Gasteiger partial charge in [-0.05, 0) is 25.5 Å². The summed E-state index contributed by atoms with van der Waals surface area (Å²) in [6.45, 7) is 1.96. The Kier molecular flexibility index (Phi) is 3.68. The molecule has 0 aromatic heterocycles. The number of rotatable bonds is 3.